The van der Waals surface area contributed by atoms with Crippen LogP contribution in [0.5, 0.6) is 0 Å². The van der Waals surface area contributed by atoms with E-state index in [0.29, 0.717) is 11.0 Å². The maximum absolute atomic E-state index is 13.1. The quantitative estimate of drug-likeness (QED) is 0.872. The van der Waals surface area contributed by atoms with Crippen LogP contribution in [0.2, 0.25) is 0 Å². The van der Waals surface area contributed by atoms with Crippen LogP contribution in [0.3, 0.4) is 0 Å². The van der Waals surface area contributed by atoms with Crippen molar-refractivity contribution in [1.82, 2.24) is 0 Å². The molecule has 1 aromatic carbocycles. The highest BCUT2D eigenvalue weighted by molar-refractivity contribution is 5.77. The standard InChI is InChI=1S/C15H19FO3/c1-3-9(4-2)14(17)15(18)13-8-10-7-11(16)5-6-12(10)19-13/h5-9,14-15,17-18H,3-4H2,1-2H3. The number of furan rings is 1. The molecule has 4 heteroatoms. The summed E-state index contributed by atoms with van der Waals surface area (Å²) in [7, 11) is 0. The van der Waals surface area contributed by atoms with Crippen LogP contribution in [0.15, 0.2) is 28.7 Å². The summed E-state index contributed by atoms with van der Waals surface area (Å²) in [4.78, 5) is 0. The Bertz CT molecular complexity index is 545. The Morgan fingerprint density at radius 3 is 2.47 bits per heavy atom. The first-order valence-corrected chi connectivity index (χ1v) is 6.62. The van der Waals surface area contributed by atoms with Gasteiger partial charge in [-0.05, 0) is 30.2 Å². The van der Waals surface area contributed by atoms with Crippen molar-refractivity contribution in [3.63, 3.8) is 0 Å². The molecule has 3 nitrogen and oxygen atoms in total. The molecule has 0 saturated carbocycles. The second kappa shape index (κ2) is 5.72. The number of fused-ring (bicyclic) bond motifs is 1. The van der Waals surface area contributed by atoms with E-state index in [1.54, 1.807) is 6.07 Å². The predicted octanol–water partition coefficient (Wildman–Crippen LogP) is 3.40. The van der Waals surface area contributed by atoms with Gasteiger partial charge in [0.05, 0.1) is 6.10 Å². The molecule has 0 saturated heterocycles. The molecule has 104 valence electrons. The summed E-state index contributed by atoms with van der Waals surface area (Å²) in [6, 6.07) is 5.75. The topological polar surface area (TPSA) is 53.6 Å². The van der Waals surface area contributed by atoms with Crippen LogP contribution in [-0.4, -0.2) is 16.3 Å². The molecule has 0 aliphatic heterocycles. The van der Waals surface area contributed by atoms with Crippen LogP contribution in [-0.2, 0) is 0 Å². The molecule has 0 aliphatic rings. The Kier molecular flexibility index (Phi) is 4.22. The molecule has 1 heterocycles. The van der Waals surface area contributed by atoms with Crippen molar-refractivity contribution in [3.8, 4) is 0 Å². The van der Waals surface area contributed by atoms with Gasteiger partial charge in [-0.2, -0.15) is 0 Å². The van der Waals surface area contributed by atoms with Crippen molar-refractivity contribution in [2.75, 3.05) is 0 Å². The van der Waals surface area contributed by atoms with Crippen LogP contribution in [0, 0.1) is 11.7 Å². The second-order valence-corrected chi connectivity index (χ2v) is 4.84. The number of hydrogen-bond donors (Lipinski definition) is 2. The Labute approximate surface area is 111 Å². The number of aliphatic hydroxyl groups excluding tert-OH is 2. The fraction of sp³-hybridized carbons (Fsp3) is 0.467. The van der Waals surface area contributed by atoms with Gasteiger partial charge in [0.1, 0.15) is 23.3 Å². The van der Waals surface area contributed by atoms with E-state index in [-0.39, 0.29) is 17.5 Å². The van der Waals surface area contributed by atoms with Gasteiger partial charge in [0.2, 0.25) is 0 Å². The van der Waals surface area contributed by atoms with Gasteiger partial charge in [-0.15, -0.1) is 0 Å². The number of benzene rings is 1. The highest BCUT2D eigenvalue weighted by Gasteiger charge is 2.27. The largest absolute Gasteiger partial charge is 0.458 e. The molecule has 1 aromatic heterocycles. The van der Waals surface area contributed by atoms with E-state index in [1.165, 1.54) is 18.2 Å². The highest BCUT2D eigenvalue weighted by atomic mass is 19.1. The van der Waals surface area contributed by atoms with Gasteiger partial charge in [-0.1, -0.05) is 26.7 Å². The fourth-order valence-electron chi connectivity index (χ4n) is 2.38. The Balaban J connectivity index is 2.28. The number of aliphatic hydroxyl groups is 2. The smallest absolute Gasteiger partial charge is 0.138 e. The van der Waals surface area contributed by atoms with E-state index in [0.717, 1.165) is 12.8 Å². The van der Waals surface area contributed by atoms with Crippen LogP contribution in [0.4, 0.5) is 4.39 Å². The van der Waals surface area contributed by atoms with Crippen LogP contribution in [0.25, 0.3) is 11.0 Å². The average molecular weight is 266 g/mol. The van der Waals surface area contributed by atoms with E-state index in [4.69, 9.17) is 4.42 Å². The van der Waals surface area contributed by atoms with Crippen molar-refractivity contribution >= 4 is 11.0 Å². The number of rotatable bonds is 5. The first-order valence-electron chi connectivity index (χ1n) is 6.62. The molecule has 2 atom stereocenters. The van der Waals surface area contributed by atoms with E-state index in [1.807, 2.05) is 13.8 Å². The highest BCUT2D eigenvalue weighted by Crippen LogP contribution is 2.30. The zero-order valence-electron chi connectivity index (χ0n) is 11.1. The molecule has 2 rings (SSSR count). The van der Waals surface area contributed by atoms with Crippen molar-refractivity contribution in [2.24, 2.45) is 5.92 Å². The zero-order chi connectivity index (χ0) is 14.0. The lowest BCUT2D eigenvalue weighted by molar-refractivity contribution is -0.0304. The van der Waals surface area contributed by atoms with Gasteiger partial charge in [0.15, 0.2) is 0 Å². The molecule has 0 bridgehead atoms. The number of hydrogen-bond acceptors (Lipinski definition) is 3. The third-order valence-corrected chi connectivity index (χ3v) is 3.64. The molecular weight excluding hydrogens is 247 g/mol. The van der Waals surface area contributed by atoms with E-state index >= 15 is 0 Å². The van der Waals surface area contributed by atoms with Crippen molar-refractivity contribution in [2.45, 2.75) is 38.9 Å². The lowest BCUT2D eigenvalue weighted by Gasteiger charge is -2.23. The Morgan fingerprint density at radius 2 is 1.84 bits per heavy atom. The Morgan fingerprint density at radius 1 is 1.16 bits per heavy atom. The summed E-state index contributed by atoms with van der Waals surface area (Å²) in [5, 5.41) is 20.9. The molecule has 0 aliphatic carbocycles. The van der Waals surface area contributed by atoms with E-state index in [9.17, 15) is 14.6 Å². The average Bonchev–Trinajstić information content (AvgIpc) is 2.81. The van der Waals surface area contributed by atoms with Gasteiger partial charge in [0.25, 0.3) is 0 Å². The molecular formula is C15H19FO3. The van der Waals surface area contributed by atoms with Crippen LogP contribution in [0.1, 0.15) is 38.6 Å². The fourth-order valence-corrected chi connectivity index (χ4v) is 2.38. The first kappa shape index (κ1) is 14.0. The minimum atomic E-state index is -1.08. The summed E-state index contributed by atoms with van der Waals surface area (Å²) in [6.07, 6.45) is -0.395. The number of halogens is 1. The van der Waals surface area contributed by atoms with Crippen LogP contribution < -0.4 is 0 Å². The minimum Gasteiger partial charge on any atom is -0.458 e. The Hall–Kier alpha value is -1.39. The molecule has 2 aromatic rings. The maximum atomic E-state index is 13.1. The first-order chi connectivity index (χ1) is 9.06. The van der Waals surface area contributed by atoms with Crippen molar-refractivity contribution in [1.29, 1.82) is 0 Å². The van der Waals surface area contributed by atoms with Gasteiger partial charge in [-0.3, -0.25) is 0 Å². The van der Waals surface area contributed by atoms with Crippen molar-refractivity contribution in [3.05, 3.63) is 35.8 Å². The molecule has 0 spiro atoms. The summed E-state index contributed by atoms with van der Waals surface area (Å²) in [5.74, 6) is -0.0603. The summed E-state index contributed by atoms with van der Waals surface area (Å²) in [5.41, 5.74) is 0.507. The molecule has 0 amide bonds. The molecule has 2 N–H and O–H groups in total. The zero-order valence-corrected chi connectivity index (χ0v) is 11.1. The third-order valence-electron chi connectivity index (χ3n) is 3.64. The molecule has 2 unspecified atom stereocenters. The lowest BCUT2D eigenvalue weighted by Crippen LogP contribution is -2.26. The van der Waals surface area contributed by atoms with E-state index in [2.05, 4.69) is 0 Å². The summed E-state index contributed by atoms with van der Waals surface area (Å²) in [6.45, 7) is 3.94. The third kappa shape index (κ3) is 2.80. The normalized spacial score (nSPS) is 15.1. The molecule has 0 radical (unpaired) electrons. The van der Waals surface area contributed by atoms with Gasteiger partial charge in [-0.25, -0.2) is 4.39 Å². The SMILES string of the molecule is CCC(CC)C(O)C(O)c1cc2cc(F)ccc2o1. The lowest BCUT2D eigenvalue weighted by atomic mass is 9.92. The van der Waals surface area contributed by atoms with Gasteiger partial charge < -0.3 is 14.6 Å². The molecule has 0 fully saturated rings. The predicted molar refractivity (Wildman–Crippen MR) is 71.2 cm³/mol. The molecule has 19 heavy (non-hydrogen) atoms. The second-order valence-electron chi connectivity index (χ2n) is 4.84. The van der Waals surface area contributed by atoms with Gasteiger partial charge in [0, 0.05) is 5.39 Å². The van der Waals surface area contributed by atoms with Gasteiger partial charge >= 0.3 is 0 Å². The maximum Gasteiger partial charge on any atom is 0.138 e. The van der Waals surface area contributed by atoms with E-state index < -0.39 is 12.2 Å². The summed E-state index contributed by atoms with van der Waals surface area (Å²) >= 11 is 0. The van der Waals surface area contributed by atoms with Crippen molar-refractivity contribution < 1.29 is 19.0 Å². The minimum absolute atomic E-state index is 0.0138. The monoisotopic (exact) mass is 266 g/mol. The summed E-state index contributed by atoms with van der Waals surface area (Å²) < 4.78 is 18.6. The van der Waals surface area contributed by atoms with Crippen LogP contribution >= 0.6 is 0 Å².